The molecule has 2 heterocycles. The number of benzene rings is 1. The molecule has 0 aliphatic heterocycles. The molecule has 3 nitrogen and oxygen atoms in total. The van der Waals surface area contributed by atoms with E-state index in [1.807, 2.05) is 56.3 Å². The maximum atomic E-state index is 6.28. The zero-order valence-corrected chi connectivity index (χ0v) is 12.6. The molecule has 0 saturated heterocycles. The van der Waals surface area contributed by atoms with Crippen molar-refractivity contribution in [3.63, 3.8) is 0 Å². The molecule has 0 N–H and O–H groups in total. The molecule has 0 saturated carbocycles. The number of hydrogen-bond donors (Lipinski definition) is 0. The average molecular weight is 296 g/mol. The van der Waals surface area contributed by atoms with Crippen molar-refractivity contribution in [1.82, 2.24) is 15.0 Å². The van der Waals surface area contributed by atoms with Gasteiger partial charge in [-0.15, -0.1) is 0 Å². The van der Waals surface area contributed by atoms with Gasteiger partial charge in [0.15, 0.2) is 5.82 Å². The van der Waals surface area contributed by atoms with Gasteiger partial charge in [0.1, 0.15) is 5.15 Å². The maximum absolute atomic E-state index is 6.28. The van der Waals surface area contributed by atoms with E-state index >= 15 is 0 Å². The fraction of sp³-hybridized carbons (Fsp3) is 0.118. The summed E-state index contributed by atoms with van der Waals surface area (Å²) >= 11 is 6.28. The molecule has 0 amide bonds. The molecule has 0 atom stereocenters. The zero-order chi connectivity index (χ0) is 14.8. The SMILES string of the molecule is Cc1ccc(-c2nc(Cl)c(C)c(-c3ccccc3)n2)cn1. The van der Waals surface area contributed by atoms with E-state index < -0.39 is 0 Å². The summed E-state index contributed by atoms with van der Waals surface area (Å²) in [6.07, 6.45) is 1.77. The molecule has 21 heavy (non-hydrogen) atoms. The van der Waals surface area contributed by atoms with Crippen LogP contribution in [-0.4, -0.2) is 15.0 Å². The molecule has 0 fully saturated rings. The van der Waals surface area contributed by atoms with Crippen LogP contribution in [0.3, 0.4) is 0 Å². The summed E-state index contributed by atoms with van der Waals surface area (Å²) in [6.45, 7) is 3.88. The van der Waals surface area contributed by atoms with E-state index in [1.165, 1.54) is 0 Å². The highest BCUT2D eigenvalue weighted by molar-refractivity contribution is 6.30. The van der Waals surface area contributed by atoms with Crippen LogP contribution in [0.2, 0.25) is 5.15 Å². The number of rotatable bonds is 2. The van der Waals surface area contributed by atoms with E-state index in [1.54, 1.807) is 6.20 Å². The number of nitrogens with zero attached hydrogens (tertiary/aromatic N) is 3. The molecule has 104 valence electrons. The first-order chi connectivity index (χ1) is 10.1. The normalized spacial score (nSPS) is 10.6. The van der Waals surface area contributed by atoms with Crippen molar-refractivity contribution < 1.29 is 0 Å². The first kappa shape index (κ1) is 13.7. The van der Waals surface area contributed by atoms with E-state index in [4.69, 9.17) is 11.6 Å². The first-order valence-corrected chi connectivity index (χ1v) is 7.05. The van der Waals surface area contributed by atoms with Gasteiger partial charge in [-0.1, -0.05) is 41.9 Å². The van der Waals surface area contributed by atoms with E-state index in [9.17, 15) is 0 Å². The summed E-state index contributed by atoms with van der Waals surface area (Å²) in [4.78, 5) is 13.3. The number of pyridine rings is 1. The molecule has 0 unspecified atom stereocenters. The number of aryl methyl sites for hydroxylation is 1. The van der Waals surface area contributed by atoms with Gasteiger partial charge in [-0.05, 0) is 26.0 Å². The van der Waals surface area contributed by atoms with Gasteiger partial charge in [0.05, 0.1) is 5.69 Å². The van der Waals surface area contributed by atoms with E-state index in [2.05, 4.69) is 15.0 Å². The summed E-state index contributed by atoms with van der Waals surface area (Å²) in [5, 5.41) is 0.472. The number of halogens is 1. The van der Waals surface area contributed by atoms with Crippen LogP contribution in [0.4, 0.5) is 0 Å². The van der Waals surface area contributed by atoms with Crippen molar-refractivity contribution in [1.29, 1.82) is 0 Å². The second kappa shape index (κ2) is 5.62. The molecular weight excluding hydrogens is 282 g/mol. The van der Waals surface area contributed by atoms with Crippen LogP contribution in [0.1, 0.15) is 11.3 Å². The Morgan fingerprint density at radius 3 is 2.29 bits per heavy atom. The van der Waals surface area contributed by atoms with Gasteiger partial charge in [0.2, 0.25) is 0 Å². The van der Waals surface area contributed by atoms with Gasteiger partial charge >= 0.3 is 0 Å². The Labute approximate surface area is 128 Å². The molecule has 0 bridgehead atoms. The molecular formula is C17H14ClN3. The Balaban J connectivity index is 2.16. The minimum Gasteiger partial charge on any atom is -0.261 e. The topological polar surface area (TPSA) is 38.7 Å². The quantitative estimate of drug-likeness (QED) is 0.654. The lowest BCUT2D eigenvalue weighted by Crippen LogP contribution is -1.97. The fourth-order valence-electron chi connectivity index (χ4n) is 2.10. The second-order valence-corrected chi connectivity index (χ2v) is 5.22. The summed E-state index contributed by atoms with van der Waals surface area (Å²) in [5.41, 5.74) is 4.58. The Kier molecular flexibility index (Phi) is 3.67. The molecule has 2 aromatic heterocycles. The highest BCUT2D eigenvalue weighted by atomic mass is 35.5. The maximum Gasteiger partial charge on any atom is 0.163 e. The van der Waals surface area contributed by atoms with E-state index in [0.717, 1.165) is 28.1 Å². The largest absolute Gasteiger partial charge is 0.261 e. The van der Waals surface area contributed by atoms with Crippen molar-refractivity contribution in [3.8, 4) is 22.6 Å². The monoisotopic (exact) mass is 295 g/mol. The Morgan fingerprint density at radius 1 is 0.857 bits per heavy atom. The predicted octanol–water partition coefficient (Wildman–Crippen LogP) is 4.48. The van der Waals surface area contributed by atoms with E-state index in [0.29, 0.717) is 11.0 Å². The average Bonchev–Trinajstić information content (AvgIpc) is 2.51. The van der Waals surface area contributed by atoms with Crippen molar-refractivity contribution in [2.75, 3.05) is 0 Å². The van der Waals surface area contributed by atoms with Crippen LogP contribution in [0.5, 0.6) is 0 Å². The van der Waals surface area contributed by atoms with Crippen LogP contribution >= 0.6 is 11.6 Å². The Bertz CT molecular complexity index is 768. The second-order valence-electron chi connectivity index (χ2n) is 4.87. The molecule has 0 spiro atoms. The summed E-state index contributed by atoms with van der Waals surface area (Å²) in [5.74, 6) is 0.594. The summed E-state index contributed by atoms with van der Waals surface area (Å²) in [6, 6.07) is 13.9. The van der Waals surface area contributed by atoms with Gasteiger partial charge in [-0.2, -0.15) is 0 Å². The standard InChI is InChI=1S/C17H14ClN3/c1-11-8-9-14(10-19-11)17-20-15(12(2)16(18)21-17)13-6-4-3-5-7-13/h3-10H,1-2H3. The third-order valence-electron chi connectivity index (χ3n) is 3.30. The van der Waals surface area contributed by atoms with Crippen molar-refractivity contribution >= 4 is 11.6 Å². The highest BCUT2D eigenvalue weighted by Crippen LogP contribution is 2.28. The Hall–Kier alpha value is -2.26. The summed E-state index contributed by atoms with van der Waals surface area (Å²) < 4.78 is 0. The summed E-state index contributed by atoms with van der Waals surface area (Å²) in [7, 11) is 0. The van der Waals surface area contributed by atoms with Gasteiger partial charge in [-0.25, -0.2) is 9.97 Å². The molecule has 0 aliphatic carbocycles. The molecule has 1 aromatic carbocycles. The van der Waals surface area contributed by atoms with Gasteiger partial charge in [0, 0.05) is 28.6 Å². The minimum absolute atomic E-state index is 0.472. The lowest BCUT2D eigenvalue weighted by molar-refractivity contribution is 1.12. The van der Waals surface area contributed by atoms with Crippen LogP contribution in [0, 0.1) is 13.8 Å². The van der Waals surface area contributed by atoms with Crippen LogP contribution < -0.4 is 0 Å². The van der Waals surface area contributed by atoms with E-state index in [-0.39, 0.29) is 0 Å². The Morgan fingerprint density at radius 2 is 1.62 bits per heavy atom. The zero-order valence-electron chi connectivity index (χ0n) is 11.8. The van der Waals surface area contributed by atoms with Gasteiger partial charge < -0.3 is 0 Å². The molecule has 3 aromatic rings. The molecule has 4 heteroatoms. The fourth-order valence-corrected chi connectivity index (χ4v) is 2.27. The van der Waals surface area contributed by atoms with Gasteiger partial charge in [-0.3, -0.25) is 4.98 Å². The lowest BCUT2D eigenvalue weighted by atomic mass is 10.1. The highest BCUT2D eigenvalue weighted by Gasteiger charge is 2.12. The smallest absolute Gasteiger partial charge is 0.163 e. The van der Waals surface area contributed by atoms with Gasteiger partial charge in [0.25, 0.3) is 0 Å². The van der Waals surface area contributed by atoms with Crippen molar-refractivity contribution in [2.45, 2.75) is 13.8 Å². The number of aromatic nitrogens is 3. The van der Waals surface area contributed by atoms with Crippen LogP contribution in [-0.2, 0) is 0 Å². The number of hydrogen-bond acceptors (Lipinski definition) is 3. The molecule has 0 aliphatic rings. The van der Waals surface area contributed by atoms with Crippen LogP contribution in [0.25, 0.3) is 22.6 Å². The third-order valence-corrected chi connectivity index (χ3v) is 3.67. The third kappa shape index (κ3) is 2.78. The molecule has 0 radical (unpaired) electrons. The first-order valence-electron chi connectivity index (χ1n) is 6.68. The van der Waals surface area contributed by atoms with Crippen molar-refractivity contribution in [2.24, 2.45) is 0 Å². The lowest BCUT2D eigenvalue weighted by Gasteiger charge is -2.09. The van der Waals surface area contributed by atoms with Crippen molar-refractivity contribution in [3.05, 3.63) is 65.1 Å². The molecule has 3 rings (SSSR count). The minimum atomic E-state index is 0.472. The predicted molar refractivity (Wildman–Crippen MR) is 85.2 cm³/mol. The van der Waals surface area contributed by atoms with Crippen LogP contribution in [0.15, 0.2) is 48.7 Å².